The van der Waals surface area contributed by atoms with Crippen LogP contribution in [0.25, 0.3) is 0 Å². The molecular formula is C15H22ClFO. The Morgan fingerprint density at radius 1 is 1.33 bits per heavy atom. The van der Waals surface area contributed by atoms with Crippen molar-refractivity contribution in [1.82, 2.24) is 0 Å². The van der Waals surface area contributed by atoms with Crippen molar-refractivity contribution in [1.29, 1.82) is 0 Å². The third-order valence-electron chi connectivity index (χ3n) is 3.29. The summed E-state index contributed by atoms with van der Waals surface area (Å²) >= 11 is 5.91. The molecule has 0 aromatic heterocycles. The van der Waals surface area contributed by atoms with E-state index in [4.69, 9.17) is 16.3 Å². The van der Waals surface area contributed by atoms with E-state index in [0.717, 1.165) is 18.8 Å². The summed E-state index contributed by atoms with van der Waals surface area (Å²) in [7, 11) is 0. The SMILES string of the molecule is CC.CCC1CC(OCc2c(F)cccc2Cl)C1. The number of rotatable bonds is 4. The fraction of sp³-hybridized carbons (Fsp3) is 0.600. The summed E-state index contributed by atoms with van der Waals surface area (Å²) in [6, 6.07) is 4.72. The smallest absolute Gasteiger partial charge is 0.130 e. The van der Waals surface area contributed by atoms with Crippen molar-refractivity contribution < 1.29 is 9.13 Å². The number of ether oxygens (including phenoxy) is 1. The fourth-order valence-corrected chi connectivity index (χ4v) is 2.23. The molecule has 0 radical (unpaired) electrons. The van der Waals surface area contributed by atoms with Gasteiger partial charge in [-0.15, -0.1) is 0 Å². The van der Waals surface area contributed by atoms with Gasteiger partial charge < -0.3 is 4.74 Å². The molecule has 18 heavy (non-hydrogen) atoms. The fourth-order valence-electron chi connectivity index (χ4n) is 2.02. The zero-order chi connectivity index (χ0) is 13.5. The van der Waals surface area contributed by atoms with Gasteiger partial charge in [0.2, 0.25) is 0 Å². The number of hydrogen-bond acceptors (Lipinski definition) is 1. The first-order chi connectivity index (χ1) is 8.70. The van der Waals surface area contributed by atoms with Gasteiger partial charge in [0.25, 0.3) is 0 Å². The van der Waals surface area contributed by atoms with Crippen molar-refractivity contribution in [2.75, 3.05) is 0 Å². The molecule has 2 rings (SSSR count). The first-order valence-corrected chi connectivity index (χ1v) is 7.13. The van der Waals surface area contributed by atoms with Crippen molar-refractivity contribution >= 4 is 11.6 Å². The molecule has 0 amide bonds. The van der Waals surface area contributed by atoms with Crippen LogP contribution in [-0.2, 0) is 11.3 Å². The van der Waals surface area contributed by atoms with E-state index >= 15 is 0 Å². The molecular weight excluding hydrogens is 251 g/mol. The molecule has 1 saturated carbocycles. The van der Waals surface area contributed by atoms with Gasteiger partial charge in [-0.2, -0.15) is 0 Å². The van der Waals surface area contributed by atoms with Crippen molar-refractivity contribution in [3.8, 4) is 0 Å². The van der Waals surface area contributed by atoms with Gasteiger partial charge in [-0.1, -0.05) is 44.9 Å². The second-order valence-corrected chi connectivity index (χ2v) is 4.79. The molecule has 1 aliphatic rings. The quantitative estimate of drug-likeness (QED) is 0.731. The van der Waals surface area contributed by atoms with Crippen LogP contribution in [0, 0.1) is 11.7 Å². The summed E-state index contributed by atoms with van der Waals surface area (Å²) in [4.78, 5) is 0. The molecule has 102 valence electrons. The highest BCUT2D eigenvalue weighted by Gasteiger charge is 2.28. The number of hydrogen-bond donors (Lipinski definition) is 0. The third kappa shape index (κ3) is 3.96. The standard InChI is InChI=1S/C13H16ClFO.C2H6/c1-2-9-6-10(7-9)16-8-11-12(14)4-3-5-13(11)15;1-2/h3-5,9-10H,2,6-8H2,1H3;1-2H3. The van der Waals surface area contributed by atoms with Crippen LogP contribution in [0.3, 0.4) is 0 Å². The molecule has 0 saturated heterocycles. The minimum atomic E-state index is -0.279. The lowest BCUT2D eigenvalue weighted by Crippen LogP contribution is -2.30. The lowest BCUT2D eigenvalue weighted by Gasteiger charge is -2.34. The molecule has 0 heterocycles. The Morgan fingerprint density at radius 2 is 2.00 bits per heavy atom. The van der Waals surface area contributed by atoms with E-state index in [0.29, 0.717) is 16.7 Å². The molecule has 1 nitrogen and oxygen atoms in total. The Hall–Kier alpha value is -0.600. The summed E-state index contributed by atoms with van der Waals surface area (Å²) in [5.74, 6) is 0.514. The minimum Gasteiger partial charge on any atom is -0.373 e. The molecule has 1 fully saturated rings. The molecule has 1 aliphatic carbocycles. The summed E-state index contributed by atoms with van der Waals surface area (Å²) in [5.41, 5.74) is 0.476. The maximum absolute atomic E-state index is 13.4. The van der Waals surface area contributed by atoms with Gasteiger partial charge in [0.05, 0.1) is 12.7 Å². The Labute approximate surface area is 114 Å². The van der Waals surface area contributed by atoms with E-state index in [9.17, 15) is 4.39 Å². The van der Waals surface area contributed by atoms with Crippen molar-refractivity contribution in [2.45, 2.75) is 52.7 Å². The topological polar surface area (TPSA) is 9.23 Å². The molecule has 1 aromatic rings. The highest BCUT2D eigenvalue weighted by Crippen LogP contribution is 2.33. The van der Waals surface area contributed by atoms with E-state index in [1.807, 2.05) is 13.8 Å². The van der Waals surface area contributed by atoms with Crippen molar-refractivity contribution in [3.63, 3.8) is 0 Å². The van der Waals surface area contributed by atoms with E-state index in [1.54, 1.807) is 12.1 Å². The molecule has 3 heteroatoms. The van der Waals surface area contributed by atoms with Crippen LogP contribution in [0.5, 0.6) is 0 Å². The van der Waals surface area contributed by atoms with E-state index in [-0.39, 0.29) is 12.4 Å². The lowest BCUT2D eigenvalue weighted by molar-refractivity contribution is -0.0416. The molecule has 0 atom stereocenters. The normalized spacial score (nSPS) is 21.8. The van der Waals surface area contributed by atoms with Gasteiger partial charge in [0.1, 0.15) is 5.82 Å². The zero-order valence-corrected chi connectivity index (χ0v) is 12.1. The monoisotopic (exact) mass is 272 g/mol. The summed E-state index contributed by atoms with van der Waals surface area (Å²) in [5, 5.41) is 0.450. The second kappa shape index (κ2) is 7.75. The third-order valence-corrected chi connectivity index (χ3v) is 3.65. The largest absolute Gasteiger partial charge is 0.373 e. The average Bonchev–Trinajstić information content (AvgIpc) is 2.33. The van der Waals surface area contributed by atoms with Gasteiger partial charge in [-0.3, -0.25) is 0 Å². The first kappa shape index (κ1) is 15.5. The van der Waals surface area contributed by atoms with Gasteiger partial charge >= 0.3 is 0 Å². The highest BCUT2D eigenvalue weighted by molar-refractivity contribution is 6.31. The number of benzene rings is 1. The Morgan fingerprint density at radius 3 is 2.56 bits per heavy atom. The predicted octanol–water partition coefficient (Wildman–Crippen LogP) is 5.21. The van der Waals surface area contributed by atoms with Crippen LogP contribution in [-0.4, -0.2) is 6.10 Å². The van der Waals surface area contributed by atoms with Crippen molar-refractivity contribution in [3.05, 3.63) is 34.6 Å². The molecule has 0 aliphatic heterocycles. The molecule has 1 aromatic carbocycles. The lowest BCUT2D eigenvalue weighted by atomic mass is 9.80. The van der Waals surface area contributed by atoms with Crippen molar-refractivity contribution in [2.24, 2.45) is 5.92 Å². The van der Waals surface area contributed by atoms with Gasteiger partial charge in [0, 0.05) is 10.6 Å². The minimum absolute atomic E-state index is 0.279. The van der Waals surface area contributed by atoms with Gasteiger partial charge in [-0.25, -0.2) is 4.39 Å². The molecule has 0 bridgehead atoms. The Balaban J connectivity index is 0.000000771. The average molecular weight is 273 g/mol. The van der Waals surface area contributed by atoms with Crippen LogP contribution in [0.1, 0.15) is 45.6 Å². The predicted molar refractivity (Wildman–Crippen MR) is 74.4 cm³/mol. The maximum Gasteiger partial charge on any atom is 0.130 e. The maximum atomic E-state index is 13.4. The Kier molecular flexibility index (Phi) is 6.66. The second-order valence-electron chi connectivity index (χ2n) is 4.38. The molecule has 0 spiro atoms. The molecule has 0 N–H and O–H groups in total. The first-order valence-electron chi connectivity index (χ1n) is 6.75. The zero-order valence-electron chi connectivity index (χ0n) is 11.4. The number of halogens is 2. The van der Waals surface area contributed by atoms with Crippen LogP contribution >= 0.6 is 11.6 Å². The summed E-state index contributed by atoms with van der Waals surface area (Å²) in [6.07, 6.45) is 3.70. The molecule has 0 unspecified atom stereocenters. The van der Waals surface area contributed by atoms with Crippen LogP contribution in [0.15, 0.2) is 18.2 Å². The van der Waals surface area contributed by atoms with Crippen LogP contribution in [0.2, 0.25) is 5.02 Å². The highest BCUT2D eigenvalue weighted by atomic mass is 35.5. The van der Waals surface area contributed by atoms with Crippen LogP contribution < -0.4 is 0 Å². The van der Waals surface area contributed by atoms with Crippen LogP contribution in [0.4, 0.5) is 4.39 Å². The van der Waals surface area contributed by atoms with Gasteiger partial charge in [0.15, 0.2) is 0 Å². The summed E-state index contributed by atoms with van der Waals surface area (Å²) in [6.45, 7) is 6.47. The van der Waals surface area contributed by atoms with E-state index in [2.05, 4.69) is 6.92 Å². The summed E-state index contributed by atoms with van der Waals surface area (Å²) < 4.78 is 19.0. The van der Waals surface area contributed by atoms with E-state index in [1.165, 1.54) is 12.5 Å². The Bertz CT molecular complexity index is 341. The van der Waals surface area contributed by atoms with E-state index < -0.39 is 0 Å². The van der Waals surface area contributed by atoms with Gasteiger partial charge in [-0.05, 0) is 30.9 Å².